The van der Waals surface area contributed by atoms with Crippen LogP contribution in [0.1, 0.15) is 73.6 Å². The first kappa shape index (κ1) is 27.7. The Morgan fingerprint density at radius 2 is 1.68 bits per heavy atom. The molecule has 0 saturated heterocycles. The molecule has 0 aliphatic rings. The number of unbranched alkanes of at least 4 members (excludes halogenated alkanes) is 3. The van der Waals surface area contributed by atoms with Gasteiger partial charge in [-0.2, -0.15) is 0 Å². The Labute approximate surface area is 231 Å². The number of para-hydroxylation sites is 3. The number of nitrogens with one attached hydrogen (secondary N) is 1. The summed E-state index contributed by atoms with van der Waals surface area (Å²) in [5.74, 6) is 2.54. The van der Waals surface area contributed by atoms with Gasteiger partial charge in [-0.25, -0.2) is 4.98 Å². The zero-order valence-corrected chi connectivity index (χ0v) is 23.2. The second kappa shape index (κ2) is 14.0. The van der Waals surface area contributed by atoms with E-state index >= 15 is 0 Å². The lowest BCUT2D eigenvalue weighted by atomic mass is 10.0. The summed E-state index contributed by atoms with van der Waals surface area (Å²) in [5.41, 5.74) is 4.15. The van der Waals surface area contributed by atoms with Gasteiger partial charge in [0.2, 0.25) is 0 Å². The van der Waals surface area contributed by atoms with Crippen molar-refractivity contribution in [2.24, 2.45) is 0 Å². The zero-order chi connectivity index (χ0) is 26.7. The van der Waals surface area contributed by atoms with Crippen LogP contribution in [0.4, 0.5) is 0 Å². The molecule has 0 spiro atoms. The van der Waals surface area contributed by atoms with Gasteiger partial charge in [0.15, 0.2) is 0 Å². The molecule has 1 N–H and O–H groups in total. The minimum atomic E-state index is -0.0554. The number of ether oxygens (including phenoxy) is 1. The van der Waals surface area contributed by atoms with E-state index in [1.807, 2.05) is 12.1 Å². The van der Waals surface area contributed by atoms with Crippen LogP contribution in [0.2, 0.25) is 5.02 Å². The average Bonchev–Trinajstić information content (AvgIpc) is 3.28. The molecule has 0 aliphatic heterocycles. The smallest absolute Gasteiger partial charge is 0.251 e. The minimum absolute atomic E-state index is 0.0554. The summed E-state index contributed by atoms with van der Waals surface area (Å²) >= 11 is 5.90. The molecule has 1 heterocycles. The summed E-state index contributed by atoms with van der Waals surface area (Å²) in [6.07, 6.45) is 5.97. The Hall–Kier alpha value is -3.31. The van der Waals surface area contributed by atoms with Gasteiger partial charge in [-0.15, -0.1) is 0 Å². The summed E-state index contributed by atoms with van der Waals surface area (Å²) in [4.78, 5) is 17.2. The van der Waals surface area contributed by atoms with E-state index in [-0.39, 0.29) is 5.91 Å². The second-order valence-electron chi connectivity index (χ2n) is 9.99. The molecule has 0 unspecified atom stereocenters. The molecule has 38 heavy (non-hydrogen) atoms. The number of nitrogens with zero attached hydrogens (tertiary/aromatic N) is 2. The molecule has 0 bridgehead atoms. The number of aryl methyl sites for hydroxylation is 2. The number of hydrogen-bond acceptors (Lipinski definition) is 3. The van der Waals surface area contributed by atoms with Crippen LogP contribution in [0.3, 0.4) is 0 Å². The van der Waals surface area contributed by atoms with Gasteiger partial charge >= 0.3 is 0 Å². The van der Waals surface area contributed by atoms with Gasteiger partial charge in [-0.05, 0) is 79.6 Å². The molecule has 0 atom stereocenters. The maximum absolute atomic E-state index is 12.3. The normalized spacial score (nSPS) is 11.3. The van der Waals surface area contributed by atoms with E-state index in [0.29, 0.717) is 29.7 Å². The minimum Gasteiger partial charge on any atom is -0.493 e. The van der Waals surface area contributed by atoms with Gasteiger partial charge in [0.05, 0.1) is 17.6 Å². The molecule has 0 fully saturated rings. The fourth-order valence-corrected chi connectivity index (χ4v) is 4.82. The summed E-state index contributed by atoms with van der Waals surface area (Å²) in [5, 5.41) is 3.63. The van der Waals surface area contributed by atoms with Crippen molar-refractivity contribution >= 4 is 28.5 Å². The average molecular weight is 532 g/mol. The third kappa shape index (κ3) is 7.61. The first-order chi connectivity index (χ1) is 18.5. The molecule has 200 valence electrons. The lowest BCUT2D eigenvalue weighted by Gasteiger charge is -2.14. The van der Waals surface area contributed by atoms with Gasteiger partial charge in [-0.1, -0.05) is 62.2 Å². The molecule has 4 aromatic rings. The van der Waals surface area contributed by atoms with Crippen LogP contribution in [0.5, 0.6) is 5.75 Å². The number of amides is 1. The highest BCUT2D eigenvalue weighted by Crippen LogP contribution is 2.26. The third-order valence-corrected chi connectivity index (χ3v) is 7.03. The molecule has 0 radical (unpaired) electrons. The molecule has 0 aliphatic carbocycles. The van der Waals surface area contributed by atoms with E-state index in [2.05, 4.69) is 60.1 Å². The first-order valence-electron chi connectivity index (χ1n) is 13.7. The Balaban J connectivity index is 1.23. The Bertz CT molecular complexity index is 1310. The zero-order valence-electron chi connectivity index (χ0n) is 22.5. The largest absolute Gasteiger partial charge is 0.493 e. The monoisotopic (exact) mass is 531 g/mol. The number of carbonyl (C=O) groups excluding carboxylic acids is 1. The van der Waals surface area contributed by atoms with Gasteiger partial charge in [0.1, 0.15) is 11.6 Å². The highest BCUT2D eigenvalue weighted by Gasteiger charge is 2.11. The fourth-order valence-electron chi connectivity index (χ4n) is 4.70. The number of aromatic nitrogens is 2. The van der Waals surface area contributed by atoms with Crippen LogP contribution >= 0.6 is 11.6 Å². The number of imidazole rings is 1. The number of benzene rings is 3. The Kier molecular flexibility index (Phi) is 10.2. The quantitative estimate of drug-likeness (QED) is 0.169. The molecule has 3 aromatic carbocycles. The molecule has 6 heteroatoms. The predicted molar refractivity (Wildman–Crippen MR) is 156 cm³/mol. The summed E-state index contributed by atoms with van der Waals surface area (Å²) in [7, 11) is 0. The highest BCUT2D eigenvalue weighted by atomic mass is 35.5. The number of carbonyl (C=O) groups is 1. The number of rotatable bonds is 14. The van der Waals surface area contributed by atoms with Crippen LogP contribution in [-0.2, 0) is 13.0 Å². The van der Waals surface area contributed by atoms with E-state index in [0.717, 1.165) is 62.2 Å². The lowest BCUT2D eigenvalue weighted by molar-refractivity contribution is 0.0953. The van der Waals surface area contributed by atoms with Crippen molar-refractivity contribution < 1.29 is 9.53 Å². The predicted octanol–water partition coefficient (Wildman–Crippen LogP) is 7.82. The van der Waals surface area contributed by atoms with Crippen LogP contribution in [0.25, 0.3) is 11.0 Å². The molecule has 5 nitrogen and oxygen atoms in total. The fraction of sp³-hybridized carbons (Fsp3) is 0.375. The summed E-state index contributed by atoms with van der Waals surface area (Å²) < 4.78 is 8.50. The molecular weight excluding hydrogens is 494 g/mol. The SMILES string of the molecule is CC(C)c1ccccc1OCCCCn1c(CCCCCNC(=O)c2ccc(Cl)cc2)nc2ccccc21. The van der Waals surface area contributed by atoms with Gasteiger partial charge in [0.25, 0.3) is 5.91 Å². The van der Waals surface area contributed by atoms with E-state index in [1.54, 1.807) is 24.3 Å². The third-order valence-electron chi connectivity index (χ3n) is 6.78. The van der Waals surface area contributed by atoms with Gasteiger partial charge in [0, 0.05) is 30.1 Å². The van der Waals surface area contributed by atoms with Crippen molar-refractivity contribution in [2.75, 3.05) is 13.2 Å². The van der Waals surface area contributed by atoms with E-state index in [9.17, 15) is 4.79 Å². The van der Waals surface area contributed by atoms with Crippen LogP contribution in [0.15, 0.2) is 72.8 Å². The number of halogens is 1. The highest BCUT2D eigenvalue weighted by molar-refractivity contribution is 6.30. The topological polar surface area (TPSA) is 56.1 Å². The van der Waals surface area contributed by atoms with Crippen LogP contribution in [-0.4, -0.2) is 28.6 Å². The van der Waals surface area contributed by atoms with E-state index in [1.165, 1.54) is 11.1 Å². The van der Waals surface area contributed by atoms with Gasteiger partial charge in [-0.3, -0.25) is 4.79 Å². The Morgan fingerprint density at radius 3 is 2.50 bits per heavy atom. The maximum Gasteiger partial charge on any atom is 0.251 e. The molecule has 1 aromatic heterocycles. The number of hydrogen-bond donors (Lipinski definition) is 1. The van der Waals surface area contributed by atoms with E-state index in [4.69, 9.17) is 21.3 Å². The Morgan fingerprint density at radius 1 is 0.921 bits per heavy atom. The van der Waals surface area contributed by atoms with Crippen molar-refractivity contribution in [3.05, 3.63) is 94.8 Å². The first-order valence-corrected chi connectivity index (χ1v) is 14.1. The van der Waals surface area contributed by atoms with Crippen molar-refractivity contribution in [1.29, 1.82) is 0 Å². The summed E-state index contributed by atoms with van der Waals surface area (Å²) in [6.45, 7) is 6.71. The van der Waals surface area contributed by atoms with Crippen LogP contribution < -0.4 is 10.1 Å². The molecular formula is C32H38ClN3O2. The number of fused-ring (bicyclic) bond motifs is 1. The van der Waals surface area contributed by atoms with Crippen molar-refractivity contribution in [3.8, 4) is 5.75 Å². The van der Waals surface area contributed by atoms with E-state index < -0.39 is 0 Å². The molecule has 4 rings (SSSR count). The van der Waals surface area contributed by atoms with Crippen molar-refractivity contribution in [1.82, 2.24) is 14.9 Å². The standard InChI is InChI=1S/C32H38ClN3O2/c1-24(2)27-12-5-8-15-30(27)38-23-11-10-22-36-29-14-7-6-13-28(29)35-31(36)16-4-3-9-21-34-32(37)25-17-19-26(33)20-18-25/h5-8,12-15,17-20,24H,3-4,9-11,16,21-23H2,1-2H3,(H,34,37). The molecule has 0 saturated carbocycles. The van der Waals surface area contributed by atoms with Crippen LogP contribution in [0, 0.1) is 0 Å². The molecule has 1 amide bonds. The maximum atomic E-state index is 12.3. The van der Waals surface area contributed by atoms with Crippen molar-refractivity contribution in [2.45, 2.75) is 64.8 Å². The van der Waals surface area contributed by atoms with Crippen molar-refractivity contribution in [3.63, 3.8) is 0 Å². The summed E-state index contributed by atoms with van der Waals surface area (Å²) in [6, 6.07) is 23.7. The van der Waals surface area contributed by atoms with Gasteiger partial charge < -0.3 is 14.6 Å². The second-order valence-corrected chi connectivity index (χ2v) is 10.4. The lowest BCUT2D eigenvalue weighted by Crippen LogP contribution is -2.24.